The van der Waals surface area contributed by atoms with Crippen LogP contribution in [0.15, 0.2) is 30.3 Å². The number of esters is 1. The summed E-state index contributed by atoms with van der Waals surface area (Å²) in [5, 5.41) is 15.0. The van der Waals surface area contributed by atoms with E-state index in [9.17, 15) is 32.5 Å². The van der Waals surface area contributed by atoms with Crippen molar-refractivity contribution in [2.75, 3.05) is 6.54 Å². The molecule has 1 fully saturated rings. The van der Waals surface area contributed by atoms with Crippen molar-refractivity contribution in [3.05, 3.63) is 35.9 Å². The number of aliphatic hydroxyl groups excluding tert-OH is 1. The molecule has 0 radical (unpaired) electrons. The van der Waals surface area contributed by atoms with Gasteiger partial charge in [-0.05, 0) is 30.7 Å². The average Bonchev–Trinajstić information content (AvgIpc) is 3.14. The zero-order chi connectivity index (χ0) is 24.6. The van der Waals surface area contributed by atoms with Gasteiger partial charge < -0.3 is 25.0 Å². The van der Waals surface area contributed by atoms with Crippen molar-refractivity contribution in [3.8, 4) is 0 Å². The van der Waals surface area contributed by atoms with Crippen molar-refractivity contribution >= 4 is 27.9 Å². The fourth-order valence-electron chi connectivity index (χ4n) is 3.78. The summed E-state index contributed by atoms with van der Waals surface area (Å²) in [5.41, 5.74) is -1.63. The predicted molar refractivity (Wildman–Crippen MR) is 117 cm³/mol. The standard InChI is InChI=1S/C22H32N2O8S/c1-14(2)10-17(12-19(25)32-13-15-6-4-3-5-7-15)21(27)24-18(22(28)33(29,30)31)11-16-8-9-23-20(16)26/h3-7,14,16-18,22,28H,8-13H2,1-2H3,(H,23,26)(H,24,27)(H,29,30,31)/p-1/t16-,17+,18-,22?/m0/s1. The summed E-state index contributed by atoms with van der Waals surface area (Å²) in [6.45, 7) is 4.13. The molecule has 33 heavy (non-hydrogen) atoms. The minimum Gasteiger partial charge on any atom is -0.746 e. The first-order valence-corrected chi connectivity index (χ1v) is 12.3. The van der Waals surface area contributed by atoms with Gasteiger partial charge in [0.1, 0.15) is 16.7 Å². The van der Waals surface area contributed by atoms with Crippen molar-refractivity contribution in [2.45, 2.75) is 57.6 Å². The van der Waals surface area contributed by atoms with E-state index in [0.717, 1.165) is 5.56 Å². The lowest BCUT2D eigenvalue weighted by Gasteiger charge is -2.29. The molecule has 0 aliphatic carbocycles. The van der Waals surface area contributed by atoms with Crippen LogP contribution < -0.4 is 10.6 Å². The van der Waals surface area contributed by atoms with E-state index in [-0.39, 0.29) is 31.3 Å². The Morgan fingerprint density at radius 2 is 1.94 bits per heavy atom. The summed E-state index contributed by atoms with van der Waals surface area (Å²) in [7, 11) is -5.15. The summed E-state index contributed by atoms with van der Waals surface area (Å²) < 4.78 is 39.5. The van der Waals surface area contributed by atoms with Gasteiger partial charge in [0.25, 0.3) is 0 Å². The fourth-order valence-corrected chi connectivity index (χ4v) is 4.36. The second-order valence-corrected chi connectivity index (χ2v) is 10.2. The van der Waals surface area contributed by atoms with Gasteiger partial charge in [-0.15, -0.1) is 0 Å². The third-order valence-electron chi connectivity index (χ3n) is 5.45. The van der Waals surface area contributed by atoms with Crippen LogP contribution in [0.5, 0.6) is 0 Å². The van der Waals surface area contributed by atoms with Gasteiger partial charge in [-0.25, -0.2) is 8.42 Å². The van der Waals surface area contributed by atoms with Crippen molar-refractivity contribution in [3.63, 3.8) is 0 Å². The fraction of sp³-hybridized carbons (Fsp3) is 0.591. The topological polar surface area (TPSA) is 162 Å². The number of nitrogens with one attached hydrogen (secondary N) is 2. The summed E-state index contributed by atoms with van der Waals surface area (Å²) in [5.74, 6) is -3.13. The molecule has 10 nitrogen and oxygen atoms in total. The maximum absolute atomic E-state index is 13.0. The van der Waals surface area contributed by atoms with Gasteiger partial charge in [-0.3, -0.25) is 14.4 Å². The number of amides is 2. The van der Waals surface area contributed by atoms with Crippen LogP contribution >= 0.6 is 0 Å². The van der Waals surface area contributed by atoms with Gasteiger partial charge in [0, 0.05) is 18.4 Å². The zero-order valence-corrected chi connectivity index (χ0v) is 19.5. The highest BCUT2D eigenvalue weighted by atomic mass is 32.2. The number of carbonyl (C=O) groups is 3. The van der Waals surface area contributed by atoms with E-state index < -0.39 is 45.3 Å². The lowest BCUT2D eigenvalue weighted by atomic mass is 9.92. The van der Waals surface area contributed by atoms with E-state index in [2.05, 4.69) is 10.6 Å². The highest BCUT2D eigenvalue weighted by molar-refractivity contribution is 7.86. The molecule has 4 atom stereocenters. The molecule has 0 aromatic heterocycles. The number of carbonyl (C=O) groups excluding carboxylic acids is 3. The molecule has 1 aliphatic heterocycles. The molecule has 11 heteroatoms. The summed E-state index contributed by atoms with van der Waals surface area (Å²) in [4.78, 5) is 37.2. The quantitative estimate of drug-likeness (QED) is 0.288. The summed E-state index contributed by atoms with van der Waals surface area (Å²) >= 11 is 0. The van der Waals surface area contributed by atoms with Crippen LogP contribution in [0, 0.1) is 17.8 Å². The second-order valence-electron chi connectivity index (χ2n) is 8.69. The Morgan fingerprint density at radius 1 is 1.27 bits per heavy atom. The van der Waals surface area contributed by atoms with Crippen molar-refractivity contribution < 1.29 is 37.2 Å². The molecule has 2 amide bonds. The molecule has 1 aromatic carbocycles. The summed E-state index contributed by atoms with van der Waals surface area (Å²) in [6, 6.07) is 7.54. The summed E-state index contributed by atoms with van der Waals surface area (Å²) in [6.07, 6.45) is 0.210. The van der Waals surface area contributed by atoms with Gasteiger partial charge in [0.15, 0.2) is 5.44 Å². The first-order valence-electron chi connectivity index (χ1n) is 10.9. The SMILES string of the molecule is CC(C)C[C@H](CC(=O)OCc1ccccc1)C(=O)N[C@@H](C[C@@H]1CCNC1=O)C(O)S(=O)(=O)[O-]. The molecule has 1 heterocycles. The van der Waals surface area contributed by atoms with Crippen LogP contribution in [0.25, 0.3) is 0 Å². The van der Waals surface area contributed by atoms with Crippen LogP contribution in [0.3, 0.4) is 0 Å². The molecule has 1 aromatic rings. The van der Waals surface area contributed by atoms with E-state index in [1.165, 1.54) is 0 Å². The number of aliphatic hydroxyl groups is 1. The van der Waals surface area contributed by atoms with Crippen LogP contribution in [0.2, 0.25) is 0 Å². The van der Waals surface area contributed by atoms with Gasteiger partial charge in [-0.2, -0.15) is 0 Å². The van der Waals surface area contributed by atoms with E-state index in [1.807, 2.05) is 19.9 Å². The van der Waals surface area contributed by atoms with Crippen LogP contribution in [0.4, 0.5) is 0 Å². The molecule has 1 saturated heterocycles. The minimum absolute atomic E-state index is 0.0231. The zero-order valence-electron chi connectivity index (χ0n) is 18.7. The van der Waals surface area contributed by atoms with E-state index in [4.69, 9.17) is 4.74 Å². The minimum atomic E-state index is -5.15. The van der Waals surface area contributed by atoms with Crippen molar-refractivity contribution in [1.82, 2.24) is 10.6 Å². The lowest BCUT2D eigenvalue weighted by Crippen LogP contribution is -2.50. The number of hydrogen-bond donors (Lipinski definition) is 3. The molecule has 3 N–H and O–H groups in total. The Balaban J connectivity index is 2.08. The van der Waals surface area contributed by atoms with Crippen LogP contribution in [0.1, 0.15) is 45.1 Å². The Bertz CT molecular complexity index is 920. The second kappa shape index (κ2) is 12.1. The van der Waals surface area contributed by atoms with E-state index >= 15 is 0 Å². The first kappa shape index (κ1) is 26.7. The smallest absolute Gasteiger partial charge is 0.306 e. The monoisotopic (exact) mass is 483 g/mol. The molecular weight excluding hydrogens is 452 g/mol. The number of rotatable bonds is 12. The maximum Gasteiger partial charge on any atom is 0.306 e. The molecule has 0 spiro atoms. The molecule has 2 rings (SSSR count). The molecule has 1 aliphatic rings. The third kappa shape index (κ3) is 8.75. The Hall–Kier alpha value is -2.50. The average molecular weight is 484 g/mol. The highest BCUT2D eigenvalue weighted by Crippen LogP contribution is 2.22. The third-order valence-corrected chi connectivity index (χ3v) is 6.37. The Labute approximate surface area is 193 Å². The lowest BCUT2D eigenvalue weighted by molar-refractivity contribution is -0.148. The number of hydrogen-bond acceptors (Lipinski definition) is 8. The molecule has 1 unspecified atom stereocenters. The molecule has 0 bridgehead atoms. The first-order chi connectivity index (χ1) is 15.5. The normalized spacial score (nSPS) is 18.9. The maximum atomic E-state index is 13.0. The molecule has 0 saturated carbocycles. The van der Waals surface area contributed by atoms with E-state index in [1.54, 1.807) is 24.3 Å². The van der Waals surface area contributed by atoms with Crippen LogP contribution in [-0.2, 0) is 35.8 Å². The van der Waals surface area contributed by atoms with Gasteiger partial charge in [0.05, 0.1) is 12.5 Å². The Kier molecular flexibility index (Phi) is 9.81. The Morgan fingerprint density at radius 3 is 2.48 bits per heavy atom. The van der Waals surface area contributed by atoms with Crippen molar-refractivity contribution in [2.24, 2.45) is 17.8 Å². The highest BCUT2D eigenvalue weighted by Gasteiger charge is 2.35. The van der Waals surface area contributed by atoms with Gasteiger partial charge >= 0.3 is 5.97 Å². The van der Waals surface area contributed by atoms with Crippen LogP contribution in [-0.4, -0.2) is 53.9 Å². The molecule has 184 valence electrons. The predicted octanol–water partition coefficient (Wildman–Crippen LogP) is 0.657. The van der Waals surface area contributed by atoms with Gasteiger partial charge in [-0.1, -0.05) is 44.2 Å². The largest absolute Gasteiger partial charge is 0.746 e. The number of ether oxygens (including phenoxy) is 1. The number of benzene rings is 1. The van der Waals surface area contributed by atoms with Crippen molar-refractivity contribution in [1.29, 1.82) is 0 Å². The molecular formula is C22H31N2O8S-. The van der Waals surface area contributed by atoms with E-state index in [0.29, 0.717) is 19.4 Å². The van der Waals surface area contributed by atoms with Gasteiger partial charge in [0.2, 0.25) is 11.8 Å².